The fourth-order valence-electron chi connectivity index (χ4n) is 2.96. The largest absolute Gasteiger partial charge is 0.387 e. The molecule has 2 atom stereocenters. The number of rotatable bonds is 5. The van der Waals surface area contributed by atoms with Crippen LogP contribution in [0.15, 0.2) is 34.9 Å². The summed E-state index contributed by atoms with van der Waals surface area (Å²) < 4.78 is 5.33. The maximum absolute atomic E-state index is 10.4. The highest BCUT2D eigenvalue weighted by molar-refractivity contribution is 5.17. The van der Waals surface area contributed by atoms with Gasteiger partial charge in [-0.2, -0.15) is 4.98 Å². The maximum Gasteiger partial charge on any atom is 0.229 e. The summed E-state index contributed by atoms with van der Waals surface area (Å²) in [5.41, 5.74) is 0.948. The van der Waals surface area contributed by atoms with Crippen molar-refractivity contribution in [3.05, 3.63) is 47.6 Å². The van der Waals surface area contributed by atoms with Gasteiger partial charge in [-0.05, 0) is 24.9 Å². The van der Waals surface area contributed by atoms with Crippen LogP contribution < -0.4 is 0 Å². The van der Waals surface area contributed by atoms with Crippen LogP contribution in [-0.4, -0.2) is 33.2 Å². The van der Waals surface area contributed by atoms with E-state index in [1.54, 1.807) is 0 Å². The minimum Gasteiger partial charge on any atom is -0.387 e. The van der Waals surface area contributed by atoms with Gasteiger partial charge in [-0.3, -0.25) is 4.90 Å². The van der Waals surface area contributed by atoms with Gasteiger partial charge >= 0.3 is 0 Å². The van der Waals surface area contributed by atoms with Crippen LogP contribution in [0.4, 0.5) is 0 Å². The van der Waals surface area contributed by atoms with Gasteiger partial charge in [0.15, 0.2) is 5.82 Å². The van der Waals surface area contributed by atoms with E-state index >= 15 is 0 Å². The SMILES string of the molecule is CC(C)c1nc([C@H]2CCCN2C[C@H](O)c2ccccc2)no1. The number of aromatic nitrogens is 2. The van der Waals surface area contributed by atoms with E-state index in [4.69, 9.17) is 4.52 Å². The van der Waals surface area contributed by atoms with Crippen LogP contribution in [-0.2, 0) is 0 Å². The van der Waals surface area contributed by atoms with E-state index < -0.39 is 6.10 Å². The smallest absolute Gasteiger partial charge is 0.229 e. The Morgan fingerprint density at radius 2 is 2.09 bits per heavy atom. The number of benzene rings is 1. The molecule has 2 heterocycles. The number of β-amino-alcohol motifs (C(OH)–C–C–N with tert-alkyl or cyclic N) is 1. The van der Waals surface area contributed by atoms with Crippen molar-refractivity contribution in [1.82, 2.24) is 15.0 Å². The molecule has 0 bridgehead atoms. The topological polar surface area (TPSA) is 62.4 Å². The molecule has 1 aromatic carbocycles. The van der Waals surface area contributed by atoms with E-state index in [0.717, 1.165) is 30.8 Å². The molecular weight excluding hydrogens is 278 g/mol. The first-order valence-electron chi connectivity index (χ1n) is 7.95. The zero-order valence-electron chi connectivity index (χ0n) is 13.1. The molecule has 1 aromatic heterocycles. The van der Waals surface area contributed by atoms with Gasteiger partial charge in [0.25, 0.3) is 0 Å². The standard InChI is InChI=1S/C17H23N3O2/c1-12(2)17-18-16(19-22-17)14-9-6-10-20(14)11-15(21)13-7-4-3-5-8-13/h3-5,7-8,12,14-15,21H,6,9-11H2,1-2H3/t14-,15+/m1/s1. The first-order chi connectivity index (χ1) is 10.6. The number of aliphatic hydroxyl groups excluding tert-OH is 1. The Labute approximate surface area is 131 Å². The average molecular weight is 301 g/mol. The first kappa shape index (κ1) is 15.2. The molecule has 1 aliphatic rings. The summed E-state index contributed by atoms with van der Waals surface area (Å²) in [6.45, 7) is 5.64. The summed E-state index contributed by atoms with van der Waals surface area (Å²) in [7, 11) is 0. The lowest BCUT2D eigenvalue weighted by Crippen LogP contribution is -2.29. The molecule has 0 saturated carbocycles. The summed E-state index contributed by atoms with van der Waals surface area (Å²) in [5, 5.41) is 14.6. The van der Waals surface area contributed by atoms with Gasteiger partial charge in [-0.15, -0.1) is 0 Å². The second kappa shape index (κ2) is 6.58. The molecule has 5 heteroatoms. The van der Waals surface area contributed by atoms with E-state index in [2.05, 4.69) is 15.0 Å². The summed E-state index contributed by atoms with van der Waals surface area (Å²) in [6.07, 6.45) is 1.62. The fourth-order valence-corrected chi connectivity index (χ4v) is 2.96. The van der Waals surface area contributed by atoms with Crippen LogP contribution >= 0.6 is 0 Å². The third kappa shape index (κ3) is 3.20. The Hall–Kier alpha value is -1.72. The molecule has 22 heavy (non-hydrogen) atoms. The highest BCUT2D eigenvalue weighted by atomic mass is 16.5. The molecule has 3 rings (SSSR count). The van der Waals surface area contributed by atoms with Crippen molar-refractivity contribution in [1.29, 1.82) is 0 Å². The van der Waals surface area contributed by atoms with E-state index in [9.17, 15) is 5.11 Å². The van der Waals surface area contributed by atoms with Crippen molar-refractivity contribution in [2.24, 2.45) is 0 Å². The molecule has 0 aliphatic carbocycles. The van der Waals surface area contributed by atoms with Crippen LogP contribution in [0, 0.1) is 0 Å². The minimum absolute atomic E-state index is 0.148. The summed E-state index contributed by atoms with van der Waals surface area (Å²) in [5.74, 6) is 1.68. The second-order valence-corrected chi connectivity index (χ2v) is 6.22. The van der Waals surface area contributed by atoms with E-state index in [1.165, 1.54) is 0 Å². The molecule has 2 aromatic rings. The molecule has 0 unspecified atom stereocenters. The second-order valence-electron chi connectivity index (χ2n) is 6.22. The molecule has 5 nitrogen and oxygen atoms in total. The Bertz CT molecular complexity index is 597. The predicted octanol–water partition coefficient (Wildman–Crippen LogP) is 3.06. The van der Waals surface area contributed by atoms with Crippen molar-refractivity contribution in [3.8, 4) is 0 Å². The lowest BCUT2D eigenvalue weighted by Gasteiger charge is -2.24. The molecule has 0 amide bonds. The monoisotopic (exact) mass is 301 g/mol. The van der Waals surface area contributed by atoms with Gasteiger partial charge in [0.2, 0.25) is 5.89 Å². The van der Waals surface area contributed by atoms with Gasteiger partial charge in [-0.25, -0.2) is 0 Å². The lowest BCUT2D eigenvalue weighted by atomic mass is 10.1. The normalized spacial score (nSPS) is 20.6. The highest BCUT2D eigenvalue weighted by Gasteiger charge is 2.31. The molecule has 118 valence electrons. The summed E-state index contributed by atoms with van der Waals surface area (Å²) in [6, 6.07) is 9.93. The third-order valence-corrected chi connectivity index (χ3v) is 4.20. The molecule has 1 saturated heterocycles. The van der Waals surface area contributed by atoms with Crippen molar-refractivity contribution < 1.29 is 9.63 Å². The number of hydrogen-bond acceptors (Lipinski definition) is 5. The molecule has 0 spiro atoms. The Morgan fingerprint density at radius 3 is 2.77 bits per heavy atom. The average Bonchev–Trinajstić information content (AvgIpc) is 3.16. The van der Waals surface area contributed by atoms with Crippen LogP contribution in [0.1, 0.15) is 62.0 Å². The van der Waals surface area contributed by atoms with Crippen molar-refractivity contribution >= 4 is 0 Å². The Kier molecular flexibility index (Phi) is 4.55. The molecule has 1 aliphatic heterocycles. The molecule has 1 fully saturated rings. The predicted molar refractivity (Wildman–Crippen MR) is 83.3 cm³/mol. The fraction of sp³-hybridized carbons (Fsp3) is 0.529. The van der Waals surface area contributed by atoms with Crippen molar-refractivity contribution in [2.45, 2.75) is 44.8 Å². The maximum atomic E-state index is 10.4. The van der Waals surface area contributed by atoms with Gasteiger partial charge in [-0.1, -0.05) is 49.3 Å². The van der Waals surface area contributed by atoms with Gasteiger partial charge in [0, 0.05) is 12.5 Å². The van der Waals surface area contributed by atoms with Gasteiger partial charge in [0.1, 0.15) is 0 Å². The summed E-state index contributed by atoms with van der Waals surface area (Å²) in [4.78, 5) is 6.78. The summed E-state index contributed by atoms with van der Waals surface area (Å²) >= 11 is 0. The van der Waals surface area contributed by atoms with E-state index in [0.29, 0.717) is 12.4 Å². The zero-order chi connectivity index (χ0) is 15.5. The Balaban J connectivity index is 1.70. The zero-order valence-corrected chi connectivity index (χ0v) is 13.1. The van der Waals surface area contributed by atoms with Gasteiger partial charge < -0.3 is 9.63 Å². The van der Waals surface area contributed by atoms with Crippen molar-refractivity contribution in [3.63, 3.8) is 0 Å². The van der Waals surface area contributed by atoms with Crippen LogP contribution in [0.3, 0.4) is 0 Å². The third-order valence-electron chi connectivity index (χ3n) is 4.20. The highest BCUT2D eigenvalue weighted by Crippen LogP contribution is 2.32. The van der Waals surface area contributed by atoms with Gasteiger partial charge in [0.05, 0.1) is 12.1 Å². The lowest BCUT2D eigenvalue weighted by molar-refractivity contribution is 0.103. The van der Waals surface area contributed by atoms with Crippen LogP contribution in [0.25, 0.3) is 0 Å². The number of aliphatic hydroxyl groups is 1. The van der Waals surface area contributed by atoms with Crippen LogP contribution in [0.2, 0.25) is 0 Å². The quantitative estimate of drug-likeness (QED) is 0.919. The number of likely N-dealkylation sites (tertiary alicyclic amines) is 1. The van der Waals surface area contributed by atoms with E-state index in [-0.39, 0.29) is 12.0 Å². The van der Waals surface area contributed by atoms with Crippen molar-refractivity contribution in [2.75, 3.05) is 13.1 Å². The minimum atomic E-state index is -0.488. The molecule has 1 N–H and O–H groups in total. The molecular formula is C17H23N3O2. The van der Waals surface area contributed by atoms with Crippen LogP contribution in [0.5, 0.6) is 0 Å². The van der Waals surface area contributed by atoms with E-state index in [1.807, 2.05) is 44.2 Å². The number of nitrogens with zero attached hydrogens (tertiary/aromatic N) is 3. The Morgan fingerprint density at radius 1 is 1.32 bits per heavy atom. The molecule has 0 radical (unpaired) electrons. The number of hydrogen-bond donors (Lipinski definition) is 1. The first-order valence-corrected chi connectivity index (χ1v) is 7.95.